The second kappa shape index (κ2) is 11.1. The van der Waals surface area contributed by atoms with Gasteiger partial charge >= 0.3 is 0 Å². The molecule has 3 N–H and O–H groups in total. The SMILES string of the molecule is CCc1ccc(-c2c(C#N)c(N)nc(SCCC(=O)Nc3cccc(Cl)c3Cl)c2C#N)cc1. The number of benzene rings is 2. The number of hydrogen-bond donors (Lipinski definition) is 2. The first-order valence-corrected chi connectivity index (χ1v) is 11.7. The Labute approximate surface area is 206 Å². The number of amides is 1. The summed E-state index contributed by atoms with van der Waals surface area (Å²) < 4.78 is 0. The molecule has 0 aliphatic carbocycles. The number of nitrogens with zero attached hydrogens (tertiary/aromatic N) is 3. The van der Waals surface area contributed by atoms with Crippen molar-refractivity contribution in [2.75, 3.05) is 16.8 Å². The van der Waals surface area contributed by atoms with E-state index in [0.717, 1.165) is 12.0 Å². The molecule has 0 spiro atoms. The van der Waals surface area contributed by atoms with Crippen LogP contribution in [0.4, 0.5) is 11.5 Å². The van der Waals surface area contributed by atoms with Crippen LogP contribution in [0.2, 0.25) is 10.0 Å². The first-order chi connectivity index (χ1) is 15.9. The Morgan fingerprint density at radius 1 is 1.12 bits per heavy atom. The minimum absolute atomic E-state index is 0.0451. The molecule has 33 heavy (non-hydrogen) atoms. The predicted octanol–water partition coefficient (Wildman–Crippen LogP) is 6.06. The fourth-order valence-electron chi connectivity index (χ4n) is 3.15. The molecule has 3 aromatic rings. The van der Waals surface area contributed by atoms with Gasteiger partial charge in [-0.2, -0.15) is 10.5 Å². The number of aromatic nitrogens is 1. The lowest BCUT2D eigenvalue weighted by atomic mass is 9.96. The molecule has 0 bridgehead atoms. The Balaban J connectivity index is 1.82. The van der Waals surface area contributed by atoms with Crippen LogP contribution in [0.1, 0.15) is 30.0 Å². The highest BCUT2D eigenvalue weighted by atomic mass is 35.5. The number of rotatable bonds is 7. The molecule has 0 radical (unpaired) electrons. The highest BCUT2D eigenvalue weighted by molar-refractivity contribution is 7.99. The number of halogens is 2. The van der Waals surface area contributed by atoms with E-state index in [-0.39, 0.29) is 34.3 Å². The second-order valence-electron chi connectivity index (χ2n) is 6.95. The molecular formula is C24H19Cl2N5OS. The number of carbonyl (C=O) groups is 1. The molecule has 2 aromatic carbocycles. The maximum absolute atomic E-state index is 12.4. The molecule has 1 aromatic heterocycles. The molecule has 0 unspecified atom stereocenters. The predicted molar refractivity (Wildman–Crippen MR) is 133 cm³/mol. The largest absolute Gasteiger partial charge is 0.383 e. The van der Waals surface area contributed by atoms with Crippen LogP contribution in [-0.4, -0.2) is 16.6 Å². The van der Waals surface area contributed by atoms with Crippen LogP contribution in [0.5, 0.6) is 0 Å². The first kappa shape index (κ1) is 24.4. The van der Waals surface area contributed by atoms with Gasteiger partial charge in [0, 0.05) is 17.7 Å². The van der Waals surface area contributed by atoms with Crippen molar-refractivity contribution < 1.29 is 4.79 Å². The number of nitriles is 2. The van der Waals surface area contributed by atoms with E-state index in [1.807, 2.05) is 31.2 Å². The van der Waals surface area contributed by atoms with Crippen LogP contribution in [0.3, 0.4) is 0 Å². The van der Waals surface area contributed by atoms with Crippen molar-refractivity contribution in [1.29, 1.82) is 10.5 Å². The van der Waals surface area contributed by atoms with E-state index >= 15 is 0 Å². The normalized spacial score (nSPS) is 10.3. The molecule has 1 amide bonds. The van der Waals surface area contributed by atoms with Crippen molar-refractivity contribution in [1.82, 2.24) is 4.98 Å². The van der Waals surface area contributed by atoms with Gasteiger partial charge in [-0.05, 0) is 29.7 Å². The zero-order valence-electron chi connectivity index (χ0n) is 17.7. The minimum Gasteiger partial charge on any atom is -0.383 e. The molecule has 0 aliphatic heterocycles. The van der Waals surface area contributed by atoms with Crippen molar-refractivity contribution in [3.05, 3.63) is 69.2 Å². The van der Waals surface area contributed by atoms with Gasteiger partial charge in [0.1, 0.15) is 28.5 Å². The van der Waals surface area contributed by atoms with Gasteiger partial charge in [0.2, 0.25) is 5.91 Å². The summed E-state index contributed by atoms with van der Waals surface area (Å²) in [5, 5.41) is 23.2. The number of nitrogens with one attached hydrogen (secondary N) is 1. The maximum Gasteiger partial charge on any atom is 0.225 e. The fourth-order valence-corrected chi connectivity index (χ4v) is 4.44. The van der Waals surface area contributed by atoms with Crippen LogP contribution in [0.15, 0.2) is 47.5 Å². The second-order valence-corrected chi connectivity index (χ2v) is 8.82. The Kier molecular flexibility index (Phi) is 8.19. The molecular weight excluding hydrogens is 477 g/mol. The standard InChI is InChI=1S/C24H19Cl2N5OS/c1-2-14-6-8-15(9-7-14)21-16(12-27)23(29)31-24(17(21)13-28)33-11-10-20(32)30-19-5-3-4-18(25)22(19)26/h3-9H,2,10-11H2,1H3,(H2,29,31)(H,30,32). The Bertz CT molecular complexity index is 1280. The number of anilines is 2. The lowest BCUT2D eigenvalue weighted by Gasteiger charge is -2.13. The summed E-state index contributed by atoms with van der Waals surface area (Å²) >= 11 is 13.3. The van der Waals surface area contributed by atoms with Gasteiger partial charge in [-0.3, -0.25) is 4.79 Å². The number of carbonyl (C=O) groups excluding carboxylic acids is 1. The van der Waals surface area contributed by atoms with E-state index in [4.69, 9.17) is 28.9 Å². The van der Waals surface area contributed by atoms with Gasteiger partial charge < -0.3 is 11.1 Å². The van der Waals surface area contributed by atoms with Gasteiger partial charge in [-0.25, -0.2) is 4.98 Å². The van der Waals surface area contributed by atoms with Crippen molar-refractivity contribution in [3.63, 3.8) is 0 Å². The number of pyridine rings is 1. The third-order valence-electron chi connectivity index (χ3n) is 4.86. The van der Waals surface area contributed by atoms with Crippen LogP contribution < -0.4 is 11.1 Å². The van der Waals surface area contributed by atoms with Crippen LogP contribution in [0.25, 0.3) is 11.1 Å². The number of hydrogen-bond acceptors (Lipinski definition) is 6. The lowest BCUT2D eigenvalue weighted by molar-refractivity contribution is -0.115. The quantitative estimate of drug-likeness (QED) is 0.384. The van der Waals surface area contributed by atoms with Gasteiger partial charge in [-0.15, -0.1) is 11.8 Å². The van der Waals surface area contributed by atoms with Crippen LogP contribution >= 0.6 is 35.0 Å². The van der Waals surface area contributed by atoms with Crippen LogP contribution in [-0.2, 0) is 11.2 Å². The van der Waals surface area contributed by atoms with Gasteiger partial charge in [0.05, 0.1) is 21.3 Å². The number of nitrogens with two attached hydrogens (primary N) is 1. The fraction of sp³-hybridized carbons (Fsp3) is 0.167. The third-order valence-corrected chi connectivity index (χ3v) is 6.66. The molecule has 1 heterocycles. The van der Waals surface area contributed by atoms with Crippen molar-refractivity contribution >= 4 is 52.4 Å². The van der Waals surface area contributed by atoms with Crippen molar-refractivity contribution in [2.45, 2.75) is 24.8 Å². The summed E-state index contributed by atoms with van der Waals surface area (Å²) in [5.41, 5.74) is 9.20. The zero-order valence-corrected chi connectivity index (χ0v) is 20.0. The molecule has 0 fully saturated rings. The summed E-state index contributed by atoms with van der Waals surface area (Å²) in [6.45, 7) is 2.05. The summed E-state index contributed by atoms with van der Waals surface area (Å²) in [6, 6.07) is 16.8. The molecule has 9 heteroatoms. The Morgan fingerprint density at radius 2 is 1.82 bits per heavy atom. The molecule has 0 saturated heterocycles. The van der Waals surface area contributed by atoms with Gasteiger partial charge in [-0.1, -0.05) is 60.5 Å². The summed E-state index contributed by atoms with van der Waals surface area (Å²) in [4.78, 5) is 16.6. The summed E-state index contributed by atoms with van der Waals surface area (Å²) in [7, 11) is 0. The number of aryl methyl sites for hydroxylation is 1. The number of thioether (sulfide) groups is 1. The van der Waals surface area contributed by atoms with Crippen molar-refractivity contribution in [2.24, 2.45) is 0 Å². The molecule has 0 saturated carbocycles. The first-order valence-electron chi connectivity index (χ1n) is 9.99. The highest BCUT2D eigenvalue weighted by Gasteiger charge is 2.21. The lowest BCUT2D eigenvalue weighted by Crippen LogP contribution is -2.12. The van der Waals surface area contributed by atoms with Gasteiger partial charge in [0.15, 0.2) is 0 Å². The maximum atomic E-state index is 12.4. The van der Waals surface area contributed by atoms with Crippen molar-refractivity contribution in [3.8, 4) is 23.3 Å². The highest BCUT2D eigenvalue weighted by Crippen LogP contribution is 2.36. The Hall–Kier alpha value is -3.23. The van der Waals surface area contributed by atoms with E-state index in [0.29, 0.717) is 32.6 Å². The molecule has 3 rings (SSSR count). The van der Waals surface area contributed by atoms with E-state index in [2.05, 4.69) is 22.4 Å². The van der Waals surface area contributed by atoms with E-state index < -0.39 is 0 Å². The van der Waals surface area contributed by atoms with E-state index in [1.54, 1.807) is 18.2 Å². The third kappa shape index (κ3) is 5.58. The molecule has 0 atom stereocenters. The monoisotopic (exact) mass is 495 g/mol. The molecule has 166 valence electrons. The number of nitrogen functional groups attached to an aromatic ring is 1. The Morgan fingerprint density at radius 3 is 2.45 bits per heavy atom. The summed E-state index contributed by atoms with van der Waals surface area (Å²) in [6.07, 6.45) is 1.01. The van der Waals surface area contributed by atoms with Gasteiger partial charge in [0.25, 0.3) is 0 Å². The zero-order chi connectivity index (χ0) is 24.0. The topological polar surface area (TPSA) is 116 Å². The molecule has 6 nitrogen and oxygen atoms in total. The summed E-state index contributed by atoms with van der Waals surface area (Å²) in [5.74, 6) is 0.122. The average molecular weight is 496 g/mol. The molecule has 0 aliphatic rings. The van der Waals surface area contributed by atoms with E-state index in [1.165, 1.54) is 11.8 Å². The van der Waals surface area contributed by atoms with Crippen LogP contribution in [0, 0.1) is 22.7 Å². The average Bonchev–Trinajstić information content (AvgIpc) is 2.81. The minimum atomic E-state index is -0.262. The van der Waals surface area contributed by atoms with E-state index in [9.17, 15) is 15.3 Å². The smallest absolute Gasteiger partial charge is 0.225 e.